The number of hydrazone groups is 1. The number of nitrogens with one attached hydrogen (secondary N) is 1. The van der Waals surface area contributed by atoms with Gasteiger partial charge in [0.2, 0.25) is 0 Å². The fourth-order valence-corrected chi connectivity index (χ4v) is 4.99. The lowest BCUT2D eigenvalue weighted by atomic mass is 10.1. The highest BCUT2D eigenvalue weighted by Gasteiger charge is 2.27. The van der Waals surface area contributed by atoms with Crippen molar-refractivity contribution in [3.8, 4) is 11.5 Å². The molecule has 0 saturated heterocycles. The fraction of sp³-hybridized carbons (Fsp3) is 0.231. The molecule has 0 heterocycles. The predicted molar refractivity (Wildman–Crippen MR) is 137 cm³/mol. The first-order chi connectivity index (χ1) is 16.6. The second kappa shape index (κ2) is 11.1. The molecule has 0 spiro atoms. The number of rotatable bonds is 9. The molecule has 0 bridgehead atoms. The van der Waals surface area contributed by atoms with E-state index in [1.54, 1.807) is 62.6 Å². The molecule has 9 heteroatoms. The Hall–Kier alpha value is -3.85. The summed E-state index contributed by atoms with van der Waals surface area (Å²) in [5, 5.41) is 4.16. The molecule has 0 aliphatic heterocycles. The molecular weight excluding hydrogens is 466 g/mol. The molecular formula is C26H29N3O5S. The van der Waals surface area contributed by atoms with Crippen molar-refractivity contribution in [2.45, 2.75) is 25.7 Å². The Kier molecular flexibility index (Phi) is 8.14. The zero-order valence-corrected chi connectivity index (χ0v) is 21.2. The molecule has 3 aromatic rings. The van der Waals surface area contributed by atoms with E-state index in [0.717, 1.165) is 15.4 Å². The number of methoxy groups -OCH3 is 2. The second-order valence-electron chi connectivity index (χ2n) is 7.97. The van der Waals surface area contributed by atoms with E-state index in [-0.39, 0.29) is 4.90 Å². The van der Waals surface area contributed by atoms with Crippen LogP contribution in [0.2, 0.25) is 0 Å². The summed E-state index contributed by atoms with van der Waals surface area (Å²) in [6.07, 6.45) is 0. The first kappa shape index (κ1) is 25.8. The van der Waals surface area contributed by atoms with Crippen LogP contribution in [0.3, 0.4) is 0 Å². The van der Waals surface area contributed by atoms with Crippen LogP contribution in [0.15, 0.2) is 76.7 Å². The van der Waals surface area contributed by atoms with Gasteiger partial charge < -0.3 is 9.47 Å². The molecule has 0 aliphatic rings. The van der Waals surface area contributed by atoms with Crippen LogP contribution >= 0.6 is 0 Å². The molecule has 1 amide bonds. The molecule has 8 nitrogen and oxygen atoms in total. The highest BCUT2D eigenvalue weighted by Crippen LogP contribution is 2.28. The lowest BCUT2D eigenvalue weighted by molar-refractivity contribution is -0.119. The van der Waals surface area contributed by atoms with Gasteiger partial charge in [-0.2, -0.15) is 5.10 Å². The van der Waals surface area contributed by atoms with Crippen LogP contribution in [0.4, 0.5) is 5.69 Å². The van der Waals surface area contributed by atoms with E-state index in [0.29, 0.717) is 28.5 Å². The van der Waals surface area contributed by atoms with Crippen molar-refractivity contribution in [1.29, 1.82) is 0 Å². The van der Waals surface area contributed by atoms with Crippen molar-refractivity contribution in [2.24, 2.45) is 5.10 Å². The number of nitrogens with zero attached hydrogens (tertiary/aromatic N) is 2. The predicted octanol–water partition coefficient (Wildman–Crippen LogP) is 4.06. The minimum Gasteiger partial charge on any atom is -0.493 e. The summed E-state index contributed by atoms with van der Waals surface area (Å²) in [5.41, 5.74) is 5.88. The standard InChI is InChI=1S/C26H29N3O5S/c1-18-13-19(2)15-22(14-18)29(35(31,32)23-9-7-6-8-10-23)17-26(30)28-27-20(3)21-11-12-24(33-4)25(16-21)34-5/h6-16H,17H2,1-5H3,(H,28,30)/b27-20-. The monoisotopic (exact) mass is 495 g/mol. The van der Waals surface area contributed by atoms with Gasteiger partial charge in [0.05, 0.1) is 30.5 Å². The van der Waals surface area contributed by atoms with Crippen LogP contribution < -0.4 is 19.2 Å². The number of carbonyl (C=O) groups is 1. The maximum absolute atomic E-state index is 13.5. The zero-order valence-electron chi connectivity index (χ0n) is 20.4. The molecule has 0 aromatic heterocycles. The lowest BCUT2D eigenvalue weighted by Gasteiger charge is -2.24. The van der Waals surface area contributed by atoms with Gasteiger partial charge in [-0.25, -0.2) is 13.8 Å². The Morgan fingerprint density at radius 1 is 0.914 bits per heavy atom. The minimum atomic E-state index is -4.00. The third-order valence-electron chi connectivity index (χ3n) is 5.26. The normalized spacial score (nSPS) is 11.6. The molecule has 0 aliphatic carbocycles. The molecule has 0 fully saturated rings. The molecule has 0 atom stereocenters. The maximum Gasteiger partial charge on any atom is 0.264 e. The topological polar surface area (TPSA) is 97.3 Å². The largest absolute Gasteiger partial charge is 0.493 e. The van der Waals surface area contributed by atoms with Crippen molar-refractivity contribution < 1.29 is 22.7 Å². The average Bonchev–Trinajstić information content (AvgIpc) is 2.85. The average molecular weight is 496 g/mol. The van der Waals surface area contributed by atoms with Crippen molar-refractivity contribution in [3.63, 3.8) is 0 Å². The maximum atomic E-state index is 13.5. The zero-order chi connectivity index (χ0) is 25.6. The Labute approximate surface area is 206 Å². The van der Waals surface area contributed by atoms with Crippen LogP contribution in [-0.2, 0) is 14.8 Å². The van der Waals surface area contributed by atoms with E-state index >= 15 is 0 Å². The SMILES string of the molecule is COc1ccc(/C(C)=N\NC(=O)CN(c2cc(C)cc(C)c2)S(=O)(=O)c2ccccc2)cc1OC. The van der Waals surface area contributed by atoms with Crippen molar-refractivity contribution >= 4 is 27.3 Å². The van der Waals surface area contributed by atoms with Crippen molar-refractivity contribution in [3.05, 3.63) is 83.4 Å². The Bertz CT molecular complexity index is 1320. The third-order valence-corrected chi connectivity index (χ3v) is 7.05. The van der Waals surface area contributed by atoms with E-state index < -0.39 is 22.5 Å². The number of benzene rings is 3. The summed E-state index contributed by atoms with van der Waals surface area (Å²) in [7, 11) is -0.919. The van der Waals surface area contributed by atoms with Crippen molar-refractivity contribution in [2.75, 3.05) is 25.1 Å². The van der Waals surface area contributed by atoms with Gasteiger partial charge in [-0.1, -0.05) is 24.3 Å². The first-order valence-electron chi connectivity index (χ1n) is 10.9. The Morgan fingerprint density at radius 2 is 1.54 bits per heavy atom. The molecule has 0 unspecified atom stereocenters. The van der Waals surface area contributed by atoms with Gasteiger partial charge in [-0.15, -0.1) is 0 Å². The minimum absolute atomic E-state index is 0.0944. The van der Waals surface area contributed by atoms with Gasteiger partial charge in [0, 0.05) is 5.56 Å². The summed E-state index contributed by atoms with van der Waals surface area (Å²) < 4.78 is 38.6. The number of amides is 1. The van der Waals surface area contributed by atoms with E-state index in [1.807, 2.05) is 19.9 Å². The van der Waals surface area contributed by atoms with Gasteiger partial charge >= 0.3 is 0 Å². The molecule has 3 aromatic carbocycles. The number of hydrogen-bond donors (Lipinski definition) is 1. The van der Waals surface area contributed by atoms with E-state index in [9.17, 15) is 13.2 Å². The van der Waals surface area contributed by atoms with Gasteiger partial charge in [0.1, 0.15) is 6.54 Å². The van der Waals surface area contributed by atoms with Gasteiger partial charge in [-0.05, 0) is 74.4 Å². The van der Waals surface area contributed by atoms with Crippen LogP contribution in [0.5, 0.6) is 11.5 Å². The summed E-state index contributed by atoms with van der Waals surface area (Å²) in [6, 6.07) is 18.7. The van der Waals surface area contributed by atoms with Crippen LogP contribution in [-0.4, -0.2) is 40.8 Å². The molecule has 0 radical (unpaired) electrons. The number of anilines is 1. The quantitative estimate of drug-likeness (QED) is 0.357. The van der Waals surface area contributed by atoms with E-state index in [1.165, 1.54) is 19.2 Å². The van der Waals surface area contributed by atoms with Gasteiger partial charge in [0.15, 0.2) is 11.5 Å². The number of aryl methyl sites for hydroxylation is 2. The molecule has 35 heavy (non-hydrogen) atoms. The first-order valence-corrected chi connectivity index (χ1v) is 12.3. The van der Waals surface area contributed by atoms with E-state index in [2.05, 4.69) is 10.5 Å². The third kappa shape index (κ3) is 6.19. The summed E-state index contributed by atoms with van der Waals surface area (Å²) >= 11 is 0. The highest BCUT2D eigenvalue weighted by molar-refractivity contribution is 7.92. The number of sulfonamides is 1. The van der Waals surface area contributed by atoms with Gasteiger partial charge in [0.25, 0.3) is 15.9 Å². The lowest BCUT2D eigenvalue weighted by Crippen LogP contribution is -2.39. The molecule has 3 rings (SSSR count). The molecule has 1 N–H and O–H groups in total. The number of ether oxygens (including phenoxy) is 2. The van der Waals surface area contributed by atoms with Crippen molar-refractivity contribution in [1.82, 2.24) is 5.43 Å². The summed E-state index contributed by atoms with van der Waals surface area (Å²) in [6.45, 7) is 5.04. The fourth-order valence-electron chi connectivity index (χ4n) is 3.57. The summed E-state index contributed by atoms with van der Waals surface area (Å²) in [5.74, 6) is 0.521. The highest BCUT2D eigenvalue weighted by atomic mass is 32.2. The van der Waals surface area contributed by atoms with Crippen LogP contribution in [0.1, 0.15) is 23.6 Å². The Balaban J connectivity index is 1.88. The van der Waals surface area contributed by atoms with E-state index in [4.69, 9.17) is 9.47 Å². The second-order valence-corrected chi connectivity index (χ2v) is 9.83. The number of carbonyl (C=O) groups excluding carboxylic acids is 1. The molecule has 0 saturated carbocycles. The van der Waals surface area contributed by atoms with Crippen LogP contribution in [0.25, 0.3) is 0 Å². The van der Waals surface area contributed by atoms with Crippen LogP contribution in [0, 0.1) is 13.8 Å². The number of hydrogen-bond acceptors (Lipinski definition) is 6. The van der Waals surface area contributed by atoms with Gasteiger partial charge in [-0.3, -0.25) is 9.10 Å². The Morgan fingerprint density at radius 3 is 2.14 bits per heavy atom. The molecule has 184 valence electrons. The summed E-state index contributed by atoms with van der Waals surface area (Å²) in [4.78, 5) is 13.0. The smallest absolute Gasteiger partial charge is 0.264 e.